The van der Waals surface area contributed by atoms with Crippen molar-refractivity contribution in [2.24, 2.45) is 11.1 Å². The molecule has 100 valence electrons. The molecule has 0 radical (unpaired) electrons. The van der Waals surface area contributed by atoms with Crippen molar-refractivity contribution in [2.75, 3.05) is 0 Å². The minimum atomic E-state index is -1.10. The zero-order valence-corrected chi connectivity index (χ0v) is 10.8. The molecule has 5 atom stereocenters. The summed E-state index contributed by atoms with van der Waals surface area (Å²) < 4.78 is 29.3. The smallest absolute Gasteiger partial charge is 0.126 e. The van der Waals surface area contributed by atoms with E-state index in [1.54, 1.807) is 12.1 Å². The Bertz CT molecular complexity index is 611. The van der Waals surface area contributed by atoms with Gasteiger partial charge in [0.2, 0.25) is 0 Å². The lowest BCUT2D eigenvalue weighted by Gasteiger charge is -2.38. The van der Waals surface area contributed by atoms with Crippen molar-refractivity contribution in [1.29, 1.82) is 0 Å². The van der Waals surface area contributed by atoms with Crippen molar-refractivity contribution in [3.8, 4) is 0 Å². The Labute approximate surface area is 111 Å². The summed E-state index contributed by atoms with van der Waals surface area (Å²) in [7, 11) is 0. The molecule has 19 heavy (non-hydrogen) atoms. The second kappa shape index (κ2) is 2.73. The maximum Gasteiger partial charge on any atom is 0.126 e. The summed E-state index contributed by atoms with van der Waals surface area (Å²) >= 11 is 0. The van der Waals surface area contributed by atoms with E-state index in [2.05, 4.69) is 0 Å². The van der Waals surface area contributed by atoms with Gasteiger partial charge >= 0.3 is 0 Å². The first kappa shape index (κ1) is 10.8. The minimum Gasteiger partial charge on any atom is -0.325 e. The van der Waals surface area contributed by atoms with Crippen LogP contribution in [0.5, 0.6) is 0 Å². The van der Waals surface area contributed by atoms with E-state index in [0.717, 1.165) is 24.0 Å². The molecule has 1 aromatic carbocycles. The normalized spacial score (nSPS) is 52.6. The molecule has 3 bridgehead atoms. The van der Waals surface area contributed by atoms with Gasteiger partial charge in [0.25, 0.3) is 0 Å². The van der Waals surface area contributed by atoms with Crippen LogP contribution in [0.3, 0.4) is 0 Å². The predicted octanol–water partition coefficient (Wildman–Crippen LogP) is 3.39. The van der Waals surface area contributed by atoms with E-state index in [1.807, 2.05) is 6.07 Å². The Morgan fingerprint density at radius 2 is 1.95 bits per heavy atom. The Morgan fingerprint density at radius 1 is 1.11 bits per heavy atom. The van der Waals surface area contributed by atoms with E-state index in [9.17, 15) is 4.39 Å². The van der Waals surface area contributed by atoms with E-state index >= 15 is 4.39 Å². The molecule has 1 spiro atoms. The van der Waals surface area contributed by atoms with Crippen LogP contribution in [0.4, 0.5) is 8.78 Å². The van der Waals surface area contributed by atoms with Gasteiger partial charge in [0.1, 0.15) is 11.5 Å². The lowest BCUT2D eigenvalue weighted by molar-refractivity contribution is 0.0712. The molecule has 0 heterocycles. The molecule has 5 unspecified atom stereocenters. The predicted molar refractivity (Wildman–Crippen MR) is 68.2 cm³/mol. The fourth-order valence-corrected chi connectivity index (χ4v) is 6.30. The molecule has 3 heteroatoms. The summed E-state index contributed by atoms with van der Waals surface area (Å²) in [6.07, 6.45) is 3.28. The van der Waals surface area contributed by atoms with Crippen LogP contribution < -0.4 is 5.73 Å². The van der Waals surface area contributed by atoms with E-state index < -0.39 is 11.2 Å². The first-order valence-corrected chi connectivity index (χ1v) is 7.21. The van der Waals surface area contributed by atoms with E-state index in [-0.39, 0.29) is 23.1 Å². The number of hydrogen-bond donors (Lipinski definition) is 1. The largest absolute Gasteiger partial charge is 0.325 e. The van der Waals surface area contributed by atoms with Gasteiger partial charge in [0, 0.05) is 5.54 Å². The molecule has 3 fully saturated rings. The Morgan fingerprint density at radius 3 is 2.79 bits per heavy atom. The molecule has 4 aliphatic carbocycles. The summed E-state index contributed by atoms with van der Waals surface area (Å²) in [5.74, 6) is 0.242. The maximum absolute atomic E-state index is 15.0. The first-order chi connectivity index (χ1) is 8.95. The van der Waals surface area contributed by atoms with Crippen molar-refractivity contribution in [3.63, 3.8) is 0 Å². The fourth-order valence-electron chi connectivity index (χ4n) is 6.30. The highest BCUT2D eigenvalue weighted by Crippen LogP contribution is 2.78. The zero-order valence-electron chi connectivity index (χ0n) is 10.8. The van der Waals surface area contributed by atoms with Crippen LogP contribution in [0.15, 0.2) is 18.2 Å². The van der Waals surface area contributed by atoms with Crippen molar-refractivity contribution in [3.05, 3.63) is 35.1 Å². The monoisotopic (exact) mass is 261 g/mol. The Balaban J connectivity index is 1.82. The first-order valence-electron chi connectivity index (χ1n) is 7.21. The topological polar surface area (TPSA) is 26.0 Å². The maximum atomic E-state index is 15.0. The number of alkyl halides is 1. The van der Waals surface area contributed by atoms with Gasteiger partial charge in [0.15, 0.2) is 0 Å². The quantitative estimate of drug-likeness (QED) is 0.761. The minimum absolute atomic E-state index is 0.0771. The highest BCUT2D eigenvalue weighted by Gasteiger charge is 2.73. The van der Waals surface area contributed by atoms with Crippen molar-refractivity contribution < 1.29 is 8.78 Å². The van der Waals surface area contributed by atoms with Crippen LogP contribution in [-0.2, 0) is 0 Å². The number of fused-ring (bicyclic) bond motifs is 5. The summed E-state index contributed by atoms with van der Waals surface area (Å²) in [6, 6.07) is 5.33. The average Bonchev–Trinajstić information content (AvgIpc) is 2.76. The van der Waals surface area contributed by atoms with E-state index in [0.29, 0.717) is 19.3 Å². The van der Waals surface area contributed by atoms with E-state index in [1.165, 1.54) is 0 Å². The highest BCUT2D eigenvalue weighted by atomic mass is 19.1. The molecule has 0 saturated heterocycles. The third kappa shape index (κ3) is 1.03. The molecule has 0 aliphatic heterocycles. The lowest BCUT2D eigenvalue weighted by Crippen LogP contribution is -2.47. The lowest BCUT2D eigenvalue weighted by atomic mass is 9.69. The summed E-state index contributed by atoms with van der Waals surface area (Å²) in [6.45, 7) is 0. The number of halogens is 2. The Kier molecular flexibility index (Phi) is 1.55. The molecule has 3 saturated carbocycles. The second-order valence-corrected chi connectivity index (χ2v) is 7.53. The standard InChI is InChI=1S/C16H17F2N/c17-12-3-1-2-9-10-4-14(18)6-15(19)5-11(13(9)12)16(10,7-14)8-15/h1-3,10-11H,4-8,19H2. The molecule has 0 aromatic heterocycles. The zero-order chi connectivity index (χ0) is 13.0. The van der Waals surface area contributed by atoms with Crippen molar-refractivity contribution in [2.45, 2.75) is 55.1 Å². The van der Waals surface area contributed by atoms with Gasteiger partial charge in [-0.1, -0.05) is 12.1 Å². The molecular weight excluding hydrogens is 244 g/mol. The van der Waals surface area contributed by atoms with Crippen LogP contribution in [0.2, 0.25) is 0 Å². The molecule has 5 rings (SSSR count). The third-order valence-electron chi connectivity index (χ3n) is 6.38. The number of hydrogen-bond acceptors (Lipinski definition) is 1. The van der Waals surface area contributed by atoms with E-state index in [4.69, 9.17) is 5.73 Å². The summed E-state index contributed by atoms with van der Waals surface area (Å²) in [5, 5.41) is 0. The van der Waals surface area contributed by atoms with Crippen LogP contribution in [0.25, 0.3) is 0 Å². The second-order valence-electron chi connectivity index (χ2n) is 7.53. The van der Waals surface area contributed by atoms with Crippen molar-refractivity contribution >= 4 is 0 Å². The van der Waals surface area contributed by atoms with Gasteiger partial charge in [-0.25, -0.2) is 8.78 Å². The van der Waals surface area contributed by atoms with Crippen molar-refractivity contribution in [1.82, 2.24) is 0 Å². The van der Waals surface area contributed by atoms with Gasteiger partial charge in [-0.15, -0.1) is 0 Å². The van der Waals surface area contributed by atoms with Crippen LogP contribution in [-0.4, -0.2) is 11.2 Å². The van der Waals surface area contributed by atoms with Gasteiger partial charge in [-0.3, -0.25) is 0 Å². The summed E-state index contributed by atoms with van der Waals surface area (Å²) in [5.41, 5.74) is 6.80. The van der Waals surface area contributed by atoms with Crippen LogP contribution in [0.1, 0.15) is 55.1 Å². The Hall–Kier alpha value is -0.960. The number of rotatable bonds is 0. The van der Waals surface area contributed by atoms with Crippen LogP contribution >= 0.6 is 0 Å². The molecule has 1 nitrogen and oxygen atoms in total. The van der Waals surface area contributed by atoms with Crippen LogP contribution in [0, 0.1) is 11.2 Å². The van der Waals surface area contributed by atoms with Gasteiger partial charge < -0.3 is 5.73 Å². The van der Waals surface area contributed by atoms with Gasteiger partial charge in [-0.05, 0) is 66.5 Å². The molecule has 0 amide bonds. The highest BCUT2D eigenvalue weighted by molar-refractivity contribution is 5.50. The molecule has 1 aromatic rings. The average molecular weight is 261 g/mol. The number of benzene rings is 1. The SMILES string of the molecule is NC12CC3c4c(F)cccc4C4CC(F)(C1)CC43C2. The third-order valence-corrected chi connectivity index (χ3v) is 6.38. The van der Waals surface area contributed by atoms with Gasteiger partial charge in [0.05, 0.1) is 0 Å². The van der Waals surface area contributed by atoms with Gasteiger partial charge in [-0.2, -0.15) is 0 Å². The molecule has 4 aliphatic rings. The number of nitrogens with two attached hydrogens (primary N) is 1. The summed E-state index contributed by atoms with van der Waals surface area (Å²) in [4.78, 5) is 0. The molecular formula is C16H17F2N. The fraction of sp³-hybridized carbons (Fsp3) is 0.625. The molecule has 2 N–H and O–H groups in total.